The smallest absolute Gasteiger partial charge is 0.223 e. The summed E-state index contributed by atoms with van der Waals surface area (Å²) in [4.78, 5) is 15.1. The van der Waals surface area contributed by atoms with Crippen molar-refractivity contribution in [1.29, 1.82) is 0 Å². The van der Waals surface area contributed by atoms with Crippen molar-refractivity contribution >= 4 is 5.91 Å². The van der Waals surface area contributed by atoms with Crippen LogP contribution >= 0.6 is 0 Å². The third kappa shape index (κ3) is 3.05. The van der Waals surface area contributed by atoms with E-state index in [1.54, 1.807) is 0 Å². The van der Waals surface area contributed by atoms with Crippen LogP contribution in [-0.4, -0.2) is 24.0 Å². The Hall–Kier alpha value is -1.51. The third-order valence-electron chi connectivity index (χ3n) is 6.47. The maximum atomic E-state index is 12.9. The lowest BCUT2D eigenvalue weighted by atomic mass is 9.86. The molecule has 2 saturated carbocycles. The van der Waals surface area contributed by atoms with Gasteiger partial charge in [-0.05, 0) is 74.5 Å². The molecule has 3 nitrogen and oxygen atoms in total. The fraction of sp³-hybridized carbons (Fsp3) is 0.667. The quantitative estimate of drug-likeness (QED) is 0.792. The van der Waals surface area contributed by atoms with E-state index < -0.39 is 0 Å². The highest BCUT2D eigenvalue weighted by Gasteiger charge is 2.41. The van der Waals surface area contributed by atoms with Crippen molar-refractivity contribution in [3.63, 3.8) is 0 Å². The Bertz CT molecular complexity index is 582. The van der Waals surface area contributed by atoms with E-state index in [0.717, 1.165) is 43.4 Å². The average Bonchev–Trinajstić information content (AvgIpc) is 3.32. The molecule has 2 aliphatic carbocycles. The molecule has 4 unspecified atom stereocenters. The van der Waals surface area contributed by atoms with E-state index in [1.165, 1.54) is 31.2 Å². The molecule has 1 aromatic carbocycles. The zero-order chi connectivity index (χ0) is 16.5. The summed E-state index contributed by atoms with van der Waals surface area (Å²) in [5.74, 6) is 3.74. The molecule has 0 radical (unpaired) electrons. The highest BCUT2D eigenvalue weighted by Crippen LogP contribution is 2.50. The van der Waals surface area contributed by atoms with Crippen molar-refractivity contribution in [3.05, 3.63) is 29.8 Å². The zero-order valence-electron chi connectivity index (χ0n) is 14.7. The monoisotopic (exact) mass is 327 g/mol. The zero-order valence-corrected chi connectivity index (χ0v) is 14.7. The van der Waals surface area contributed by atoms with Gasteiger partial charge in [0.1, 0.15) is 5.75 Å². The predicted octanol–water partition coefficient (Wildman–Crippen LogP) is 4.58. The second-order valence-electron chi connectivity index (χ2n) is 7.89. The van der Waals surface area contributed by atoms with Gasteiger partial charge in [-0.15, -0.1) is 0 Å². The molecule has 4 rings (SSSR count). The first-order valence-electron chi connectivity index (χ1n) is 9.76. The van der Waals surface area contributed by atoms with Crippen LogP contribution in [0.1, 0.15) is 63.5 Å². The number of hydrogen-bond donors (Lipinski definition) is 0. The lowest BCUT2D eigenvalue weighted by Gasteiger charge is -2.28. The Labute approximate surface area is 145 Å². The molecule has 1 saturated heterocycles. The Kier molecular flexibility index (Phi) is 4.51. The normalized spacial score (nSPS) is 31.6. The van der Waals surface area contributed by atoms with Gasteiger partial charge in [0.15, 0.2) is 0 Å². The van der Waals surface area contributed by atoms with Gasteiger partial charge in [0.2, 0.25) is 5.91 Å². The number of benzene rings is 1. The number of fused-ring (bicyclic) bond motifs is 2. The molecule has 3 aliphatic rings. The SMILES string of the molecule is CCOc1ccc(C2CCCN2C(=O)CC2CC3CCC2C3)cc1. The van der Waals surface area contributed by atoms with E-state index in [2.05, 4.69) is 17.0 Å². The van der Waals surface area contributed by atoms with E-state index in [4.69, 9.17) is 4.74 Å². The minimum atomic E-state index is 0.270. The first kappa shape index (κ1) is 16.0. The summed E-state index contributed by atoms with van der Waals surface area (Å²) in [5, 5.41) is 0. The van der Waals surface area contributed by atoms with Crippen LogP contribution in [0.4, 0.5) is 0 Å². The standard InChI is InChI=1S/C21H29NO2/c1-2-24-19-9-7-16(8-10-19)20-4-3-11-22(20)21(23)14-18-13-15-5-6-17(18)12-15/h7-10,15,17-18,20H,2-6,11-14H2,1H3. The minimum Gasteiger partial charge on any atom is -0.494 e. The number of carbonyl (C=O) groups is 1. The summed E-state index contributed by atoms with van der Waals surface area (Å²) >= 11 is 0. The van der Waals surface area contributed by atoms with Crippen molar-refractivity contribution in [2.75, 3.05) is 13.2 Å². The topological polar surface area (TPSA) is 29.5 Å². The summed E-state index contributed by atoms with van der Waals surface area (Å²) in [5.41, 5.74) is 1.26. The van der Waals surface area contributed by atoms with Crippen molar-refractivity contribution < 1.29 is 9.53 Å². The number of nitrogens with zero attached hydrogens (tertiary/aromatic N) is 1. The second-order valence-corrected chi connectivity index (χ2v) is 7.89. The molecule has 1 amide bonds. The van der Waals surface area contributed by atoms with Crippen molar-refractivity contribution in [3.8, 4) is 5.75 Å². The number of rotatable bonds is 5. The summed E-state index contributed by atoms with van der Waals surface area (Å²) in [6.45, 7) is 3.62. The van der Waals surface area contributed by atoms with E-state index in [-0.39, 0.29) is 6.04 Å². The summed E-state index contributed by atoms with van der Waals surface area (Å²) in [6.07, 6.45) is 8.47. The average molecular weight is 327 g/mol. The van der Waals surface area contributed by atoms with Gasteiger partial charge in [0, 0.05) is 13.0 Å². The molecule has 3 fully saturated rings. The van der Waals surface area contributed by atoms with Gasteiger partial charge in [-0.1, -0.05) is 18.6 Å². The molecule has 24 heavy (non-hydrogen) atoms. The first-order chi connectivity index (χ1) is 11.7. The highest BCUT2D eigenvalue weighted by atomic mass is 16.5. The minimum absolute atomic E-state index is 0.270. The summed E-state index contributed by atoms with van der Waals surface area (Å²) in [7, 11) is 0. The second kappa shape index (κ2) is 6.78. The maximum Gasteiger partial charge on any atom is 0.223 e. The molecule has 0 spiro atoms. The maximum absolute atomic E-state index is 12.9. The lowest BCUT2D eigenvalue weighted by Crippen LogP contribution is -2.32. The largest absolute Gasteiger partial charge is 0.494 e. The molecule has 0 N–H and O–H groups in total. The molecule has 130 valence electrons. The Morgan fingerprint density at radius 1 is 1.17 bits per heavy atom. The van der Waals surface area contributed by atoms with Crippen LogP contribution in [0.2, 0.25) is 0 Å². The van der Waals surface area contributed by atoms with Crippen LogP contribution in [0.15, 0.2) is 24.3 Å². The predicted molar refractivity (Wildman–Crippen MR) is 94.9 cm³/mol. The highest BCUT2D eigenvalue weighted by molar-refractivity contribution is 5.77. The molecule has 1 heterocycles. The molecule has 2 bridgehead atoms. The molecular weight excluding hydrogens is 298 g/mol. The Morgan fingerprint density at radius 3 is 2.67 bits per heavy atom. The number of hydrogen-bond acceptors (Lipinski definition) is 2. The van der Waals surface area contributed by atoms with Gasteiger partial charge < -0.3 is 9.64 Å². The fourth-order valence-corrected chi connectivity index (χ4v) is 5.33. The van der Waals surface area contributed by atoms with Crippen LogP contribution in [0.3, 0.4) is 0 Å². The van der Waals surface area contributed by atoms with Crippen LogP contribution < -0.4 is 4.74 Å². The van der Waals surface area contributed by atoms with Crippen molar-refractivity contribution in [2.24, 2.45) is 17.8 Å². The van der Waals surface area contributed by atoms with Gasteiger partial charge in [0.25, 0.3) is 0 Å². The van der Waals surface area contributed by atoms with Crippen LogP contribution in [0.5, 0.6) is 5.75 Å². The van der Waals surface area contributed by atoms with Crippen LogP contribution in [-0.2, 0) is 4.79 Å². The molecule has 0 aromatic heterocycles. The Morgan fingerprint density at radius 2 is 2.00 bits per heavy atom. The van der Waals surface area contributed by atoms with Crippen LogP contribution in [0, 0.1) is 17.8 Å². The van der Waals surface area contributed by atoms with E-state index in [1.807, 2.05) is 19.1 Å². The number of carbonyl (C=O) groups excluding carboxylic acids is 1. The van der Waals surface area contributed by atoms with Gasteiger partial charge in [0.05, 0.1) is 12.6 Å². The number of amides is 1. The third-order valence-corrected chi connectivity index (χ3v) is 6.47. The molecule has 1 aromatic rings. The number of likely N-dealkylation sites (tertiary alicyclic amines) is 1. The van der Waals surface area contributed by atoms with Crippen molar-refractivity contribution in [2.45, 2.75) is 57.9 Å². The molecular formula is C21H29NO2. The van der Waals surface area contributed by atoms with Crippen molar-refractivity contribution in [1.82, 2.24) is 4.90 Å². The van der Waals surface area contributed by atoms with E-state index in [9.17, 15) is 4.79 Å². The van der Waals surface area contributed by atoms with E-state index >= 15 is 0 Å². The molecule has 1 aliphatic heterocycles. The lowest BCUT2D eigenvalue weighted by molar-refractivity contribution is -0.133. The van der Waals surface area contributed by atoms with Crippen LogP contribution in [0.25, 0.3) is 0 Å². The summed E-state index contributed by atoms with van der Waals surface area (Å²) in [6, 6.07) is 8.62. The van der Waals surface area contributed by atoms with Gasteiger partial charge >= 0.3 is 0 Å². The number of ether oxygens (including phenoxy) is 1. The molecule has 4 atom stereocenters. The van der Waals surface area contributed by atoms with E-state index in [0.29, 0.717) is 18.4 Å². The Balaban J connectivity index is 1.41. The molecule has 3 heteroatoms. The first-order valence-corrected chi connectivity index (χ1v) is 9.76. The summed E-state index contributed by atoms with van der Waals surface area (Å²) < 4.78 is 5.53. The van der Waals surface area contributed by atoms with Gasteiger partial charge in [-0.2, -0.15) is 0 Å². The van der Waals surface area contributed by atoms with Gasteiger partial charge in [-0.3, -0.25) is 4.79 Å². The fourth-order valence-electron chi connectivity index (χ4n) is 5.33. The van der Waals surface area contributed by atoms with Gasteiger partial charge in [-0.25, -0.2) is 0 Å².